The van der Waals surface area contributed by atoms with Gasteiger partial charge in [-0.15, -0.1) is 0 Å². The SMILES string of the molecule is O=C(CC(=O)c1ccccc1)O[P+](=O)OP(=O)(OC(=O)CC(=O)c1ccccc1)OC(=O)CC(=O)c1ccccc1. The lowest BCUT2D eigenvalue weighted by Gasteiger charge is -2.11. The highest BCUT2D eigenvalue weighted by Gasteiger charge is 2.49. The van der Waals surface area contributed by atoms with Crippen molar-refractivity contribution >= 4 is 51.3 Å². The van der Waals surface area contributed by atoms with Crippen LogP contribution in [0.3, 0.4) is 0 Å². The molecule has 12 nitrogen and oxygen atoms in total. The molecular formula is C27H21O12P2+. The van der Waals surface area contributed by atoms with E-state index in [0.29, 0.717) is 0 Å². The van der Waals surface area contributed by atoms with Crippen molar-refractivity contribution in [2.24, 2.45) is 0 Å². The van der Waals surface area contributed by atoms with E-state index in [9.17, 15) is 37.9 Å². The Kier molecular flexibility index (Phi) is 11.1. The van der Waals surface area contributed by atoms with Crippen molar-refractivity contribution in [2.75, 3.05) is 0 Å². The van der Waals surface area contributed by atoms with Crippen molar-refractivity contribution in [3.05, 3.63) is 108 Å². The van der Waals surface area contributed by atoms with Gasteiger partial charge in [-0.3, -0.25) is 24.0 Å². The average molecular weight is 599 g/mol. The molecule has 41 heavy (non-hydrogen) atoms. The minimum atomic E-state index is -5.48. The maximum Gasteiger partial charge on any atom is 0.765 e. The summed E-state index contributed by atoms with van der Waals surface area (Å²) in [5.41, 5.74) is 0.364. The molecule has 3 aromatic rings. The summed E-state index contributed by atoms with van der Waals surface area (Å²) in [5, 5.41) is 0. The zero-order valence-corrected chi connectivity index (χ0v) is 22.9. The largest absolute Gasteiger partial charge is 0.765 e. The summed E-state index contributed by atoms with van der Waals surface area (Å²) in [5.74, 6) is -6.58. The number of phosphoric acid groups is 1. The van der Waals surface area contributed by atoms with Crippen LogP contribution in [0.25, 0.3) is 0 Å². The summed E-state index contributed by atoms with van der Waals surface area (Å²) in [6.45, 7) is 0. The number of hydrogen-bond acceptors (Lipinski definition) is 12. The minimum Gasteiger partial charge on any atom is -0.358 e. The zero-order chi connectivity index (χ0) is 29.8. The van der Waals surface area contributed by atoms with Gasteiger partial charge in [-0.1, -0.05) is 91.0 Å². The van der Waals surface area contributed by atoms with Crippen LogP contribution in [0.15, 0.2) is 91.0 Å². The van der Waals surface area contributed by atoms with E-state index >= 15 is 0 Å². The van der Waals surface area contributed by atoms with Gasteiger partial charge in [0.15, 0.2) is 17.3 Å². The number of benzene rings is 3. The number of carbonyl (C=O) groups excluding carboxylic acids is 6. The molecule has 0 bridgehead atoms. The smallest absolute Gasteiger partial charge is 0.358 e. The van der Waals surface area contributed by atoms with Gasteiger partial charge in [0, 0.05) is 25.6 Å². The standard InChI is InChI=1S/C27H21O12P2/c28-22(19-10-4-1-5-11-19)16-25(31)36-40(34)39-41(35,37-26(32)17-23(29)20-12-6-2-7-13-20)38-27(33)18-24(30)21-14-8-3-9-15-21/h1-15H,16-18H2/q+1. The van der Waals surface area contributed by atoms with E-state index in [2.05, 4.69) is 17.9 Å². The van der Waals surface area contributed by atoms with Gasteiger partial charge < -0.3 is 9.05 Å². The number of Topliss-reactive ketones (excluding diaryl/α,β-unsaturated/α-hetero) is 3. The van der Waals surface area contributed by atoms with E-state index < -0.39 is 70.6 Å². The van der Waals surface area contributed by atoms with Crippen LogP contribution in [0.5, 0.6) is 0 Å². The number of ketones is 3. The summed E-state index contributed by atoms with van der Waals surface area (Å²) in [6.07, 6.45) is -2.85. The third kappa shape index (κ3) is 10.1. The first-order valence-electron chi connectivity index (χ1n) is 11.7. The number of phosphoric ester groups is 1. The topological polar surface area (TPSA) is 173 Å². The van der Waals surface area contributed by atoms with Crippen molar-refractivity contribution in [3.8, 4) is 0 Å². The van der Waals surface area contributed by atoms with Gasteiger partial charge in [-0.25, -0.2) is 9.36 Å². The molecule has 0 radical (unpaired) electrons. The van der Waals surface area contributed by atoms with Crippen molar-refractivity contribution < 1.29 is 55.8 Å². The van der Waals surface area contributed by atoms with E-state index in [1.54, 1.807) is 30.3 Å². The molecule has 0 aliphatic heterocycles. The Balaban J connectivity index is 1.68. The molecule has 0 aromatic heterocycles. The molecule has 0 amide bonds. The number of hydrogen-bond donors (Lipinski definition) is 0. The van der Waals surface area contributed by atoms with Crippen molar-refractivity contribution in [1.29, 1.82) is 0 Å². The van der Waals surface area contributed by atoms with Crippen LogP contribution in [0.2, 0.25) is 0 Å². The summed E-state index contributed by atoms with van der Waals surface area (Å²) in [4.78, 5) is 73.6. The van der Waals surface area contributed by atoms with E-state index in [1.165, 1.54) is 60.7 Å². The van der Waals surface area contributed by atoms with E-state index in [4.69, 9.17) is 0 Å². The molecule has 0 aliphatic carbocycles. The van der Waals surface area contributed by atoms with E-state index in [1.807, 2.05) is 0 Å². The lowest BCUT2D eigenvalue weighted by molar-refractivity contribution is -0.138. The maximum absolute atomic E-state index is 13.1. The molecule has 14 heteroatoms. The highest BCUT2D eigenvalue weighted by molar-refractivity contribution is 7.57. The van der Waals surface area contributed by atoms with Gasteiger partial charge in [0.1, 0.15) is 19.3 Å². The minimum absolute atomic E-state index is 0.105. The average Bonchev–Trinajstić information content (AvgIpc) is 2.93. The summed E-state index contributed by atoms with van der Waals surface area (Å²) in [6, 6.07) is 22.5. The van der Waals surface area contributed by atoms with Crippen LogP contribution in [-0.2, 0) is 41.4 Å². The van der Waals surface area contributed by atoms with Gasteiger partial charge >= 0.3 is 34.0 Å². The highest BCUT2D eigenvalue weighted by atomic mass is 31.2. The predicted molar refractivity (Wildman–Crippen MR) is 141 cm³/mol. The molecule has 0 heterocycles. The second-order valence-electron chi connectivity index (χ2n) is 8.04. The first-order valence-corrected chi connectivity index (χ1v) is 14.3. The molecule has 0 aliphatic rings. The third-order valence-corrected chi connectivity index (χ3v) is 7.51. The van der Waals surface area contributed by atoms with E-state index in [0.717, 1.165) is 0 Å². The first-order chi connectivity index (χ1) is 19.5. The van der Waals surface area contributed by atoms with Gasteiger partial charge in [-0.2, -0.15) is 4.52 Å². The van der Waals surface area contributed by atoms with Crippen LogP contribution in [-0.4, -0.2) is 35.3 Å². The predicted octanol–water partition coefficient (Wildman–Crippen LogP) is 5.22. The Morgan fingerprint density at radius 1 is 0.537 bits per heavy atom. The molecular weight excluding hydrogens is 578 g/mol. The molecule has 0 fully saturated rings. The maximum atomic E-state index is 13.1. The number of rotatable bonds is 14. The molecule has 3 rings (SSSR count). The Morgan fingerprint density at radius 3 is 1.20 bits per heavy atom. The quantitative estimate of drug-likeness (QED) is 0.135. The second kappa shape index (κ2) is 14.7. The monoisotopic (exact) mass is 599 g/mol. The van der Waals surface area contributed by atoms with Crippen molar-refractivity contribution in [3.63, 3.8) is 0 Å². The Hall–Kier alpha value is -4.63. The summed E-state index contributed by atoms with van der Waals surface area (Å²) >= 11 is 0. The van der Waals surface area contributed by atoms with Crippen molar-refractivity contribution in [2.45, 2.75) is 19.3 Å². The summed E-state index contributed by atoms with van der Waals surface area (Å²) < 4.78 is 43.5. The molecule has 1 unspecified atom stereocenters. The molecule has 0 saturated carbocycles. The van der Waals surface area contributed by atoms with E-state index in [-0.39, 0.29) is 16.7 Å². The lowest BCUT2D eigenvalue weighted by Crippen LogP contribution is -2.15. The first kappa shape index (κ1) is 30.9. The molecule has 210 valence electrons. The molecule has 0 saturated heterocycles. The Labute approximate surface area is 234 Å². The molecule has 3 aromatic carbocycles. The van der Waals surface area contributed by atoms with Gasteiger partial charge in [-0.05, 0) is 0 Å². The normalized spacial score (nSPS) is 11.1. The van der Waals surface area contributed by atoms with Gasteiger partial charge in [0.2, 0.25) is 0 Å². The van der Waals surface area contributed by atoms with Crippen LogP contribution in [0.4, 0.5) is 0 Å². The highest BCUT2D eigenvalue weighted by Crippen LogP contribution is 2.57. The van der Waals surface area contributed by atoms with Gasteiger partial charge in [0.25, 0.3) is 0 Å². The van der Waals surface area contributed by atoms with Crippen LogP contribution in [0, 0.1) is 0 Å². The zero-order valence-electron chi connectivity index (χ0n) is 21.1. The Morgan fingerprint density at radius 2 is 0.854 bits per heavy atom. The lowest BCUT2D eigenvalue weighted by atomic mass is 10.1. The van der Waals surface area contributed by atoms with Crippen molar-refractivity contribution in [1.82, 2.24) is 0 Å². The van der Waals surface area contributed by atoms with Gasteiger partial charge in [0.05, 0.1) is 0 Å². The molecule has 0 spiro atoms. The fourth-order valence-corrected chi connectivity index (χ4v) is 5.10. The third-order valence-electron chi connectivity index (χ3n) is 4.97. The second-order valence-corrected chi connectivity index (χ2v) is 10.6. The molecule has 1 atom stereocenters. The van der Waals surface area contributed by atoms with Crippen LogP contribution >= 0.6 is 16.1 Å². The number of carbonyl (C=O) groups is 6. The van der Waals surface area contributed by atoms with Crippen LogP contribution < -0.4 is 0 Å². The Bertz CT molecular complexity index is 1430. The fourth-order valence-electron chi connectivity index (χ4n) is 3.15. The summed E-state index contributed by atoms with van der Waals surface area (Å²) in [7, 11) is -9.22. The van der Waals surface area contributed by atoms with Crippen LogP contribution in [0.1, 0.15) is 50.3 Å². The molecule has 0 N–H and O–H groups in total. The fraction of sp³-hybridized carbons (Fsp3) is 0.111.